The Hall–Kier alpha value is -0.160. The highest BCUT2D eigenvalue weighted by Crippen LogP contribution is 2.28. The normalized spacial score (nSPS) is 21.7. The third kappa shape index (κ3) is 6.36. The molecule has 0 aromatic carbocycles. The van der Waals surface area contributed by atoms with Crippen molar-refractivity contribution in [2.45, 2.75) is 63.8 Å². The zero-order chi connectivity index (χ0) is 12.9. The largest absolute Gasteiger partial charge is 0.389 e. The second kappa shape index (κ2) is 6.14. The third-order valence-electron chi connectivity index (χ3n) is 3.08. The van der Waals surface area contributed by atoms with Crippen molar-refractivity contribution in [3.63, 3.8) is 0 Å². The quantitative estimate of drug-likeness (QED) is 0.655. The molecule has 1 aliphatic carbocycles. The van der Waals surface area contributed by atoms with Gasteiger partial charge in [-0.3, -0.25) is 0 Å². The molecule has 0 aromatic rings. The summed E-state index contributed by atoms with van der Waals surface area (Å²) >= 11 is 0. The first-order chi connectivity index (χ1) is 7.81. The first kappa shape index (κ1) is 14.9. The minimum Gasteiger partial charge on any atom is -0.389 e. The van der Waals surface area contributed by atoms with Crippen LogP contribution in [0.5, 0.6) is 0 Å². The number of nitrogens with one attached hydrogen (secondary N) is 1. The molecule has 1 atom stereocenters. The van der Waals surface area contributed by atoms with Gasteiger partial charge < -0.3 is 20.3 Å². The molecule has 0 radical (unpaired) electrons. The molecule has 1 saturated carbocycles. The summed E-state index contributed by atoms with van der Waals surface area (Å²) in [6.07, 6.45) is 3.43. The Morgan fingerprint density at radius 1 is 1.29 bits per heavy atom. The predicted octanol–water partition coefficient (Wildman–Crippen LogP) is 1.06. The van der Waals surface area contributed by atoms with Crippen LogP contribution in [-0.2, 0) is 4.74 Å². The highest BCUT2D eigenvalue weighted by molar-refractivity contribution is 4.86. The predicted molar refractivity (Wildman–Crippen MR) is 68.0 cm³/mol. The maximum atomic E-state index is 10.1. The molecule has 3 N–H and O–H groups in total. The Balaban J connectivity index is 2.09. The van der Waals surface area contributed by atoms with E-state index in [1.165, 1.54) is 0 Å². The lowest BCUT2D eigenvalue weighted by atomic mass is 10.0. The van der Waals surface area contributed by atoms with Crippen LogP contribution in [0.3, 0.4) is 0 Å². The van der Waals surface area contributed by atoms with Gasteiger partial charge in [0.25, 0.3) is 0 Å². The van der Waals surface area contributed by atoms with Gasteiger partial charge in [0.15, 0.2) is 0 Å². The number of aliphatic hydroxyl groups excluding tert-OH is 1. The van der Waals surface area contributed by atoms with E-state index >= 15 is 0 Å². The van der Waals surface area contributed by atoms with Crippen LogP contribution in [0.15, 0.2) is 0 Å². The van der Waals surface area contributed by atoms with Crippen LogP contribution in [0.2, 0.25) is 0 Å². The van der Waals surface area contributed by atoms with Gasteiger partial charge in [-0.15, -0.1) is 0 Å². The van der Waals surface area contributed by atoms with Gasteiger partial charge in [0.2, 0.25) is 0 Å². The van der Waals surface area contributed by atoms with Crippen molar-refractivity contribution in [3.05, 3.63) is 0 Å². The zero-order valence-corrected chi connectivity index (χ0v) is 11.3. The molecule has 1 unspecified atom stereocenters. The molecule has 1 rings (SSSR count). The van der Waals surface area contributed by atoms with E-state index in [2.05, 4.69) is 5.32 Å². The molecule has 4 heteroatoms. The number of aliphatic hydroxyl groups is 2. The summed E-state index contributed by atoms with van der Waals surface area (Å²) in [5, 5.41) is 22.9. The second-order valence-corrected chi connectivity index (χ2v) is 6.14. The Labute approximate surface area is 104 Å². The lowest BCUT2D eigenvalue weighted by Crippen LogP contribution is -2.42. The molecular formula is C13H27NO3. The molecular weight excluding hydrogens is 218 g/mol. The lowest BCUT2D eigenvalue weighted by molar-refractivity contribution is -0.0493. The monoisotopic (exact) mass is 245 g/mol. The Morgan fingerprint density at radius 3 is 2.41 bits per heavy atom. The number of ether oxygens (including phenoxy) is 1. The van der Waals surface area contributed by atoms with Crippen LogP contribution >= 0.6 is 0 Å². The molecule has 0 aliphatic heterocycles. The van der Waals surface area contributed by atoms with Crippen molar-refractivity contribution in [2.24, 2.45) is 0 Å². The van der Waals surface area contributed by atoms with Gasteiger partial charge in [0.05, 0.1) is 23.9 Å². The average molecular weight is 245 g/mol. The lowest BCUT2D eigenvalue weighted by Gasteiger charge is -2.25. The van der Waals surface area contributed by atoms with E-state index in [1.807, 2.05) is 20.8 Å². The maximum Gasteiger partial charge on any atom is 0.0897 e. The fraction of sp³-hybridized carbons (Fsp3) is 1.00. The first-order valence-electron chi connectivity index (χ1n) is 6.56. The Kier molecular flexibility index (Phi) is 5.38. The fourth-order valence-corrected chi connectivity index (χ4v) is 2.09. The van der Waals surface area contributed by atoms with Crippen molar-refractivity contribution in [2.75, 3.05) is 19.7 Å². The molecule has 0 heterocycles. The van der Waals surface area contributed by atoms with Crippen LogP contribution < -0.4 is 5.32 Å². The highest BCUT2D eigenvalue weighted by atomic mass is 16.5. The van der Waals surface area contributed by atoms with Gasteiger partial charge in [-0.2, -0.15) is 0 Å². The van der Waals surface area contributed by atoms with E-state index in [-0.39, 0.29) is 5.60 Å². The molecule has 0 aromatic heterocycles. The van der Waals surface area contributed by atoms with Crippen LogP contribution in [0.25, 0.3) is 0 Å². The van der Waals surface area contributed by atoms with Gasteiger partial charge >= 0.3 is 0 Å². The number of rotatable bonds is 6. The summed E-state index contributed by atoms with van der Waals surface area (Å²) in [4.78, 5) is 0. The van der Waals surface area contributed by atoms with Crippen molar-refractivity contribution in [3.8, 4) is 0 Å². The smallest absolute Gasteiger partial charge is 0.0897 e. The van der Waals surface area contributed by atoms with Gasteiger partial charge in [0, 0.05) is 13.1 Å². The Bertz CT molecular complexity index is 219. The van der Waals surface area contributed by atoms with E-state index in [0.717, 1.165) is 25.7 Å². The van der Waals surface area contributed by atoms with E-state index in [9.17, 15) is 10.2 Å². The SMILES string of the molecule is CC(C)(C)OCC(O)CNCC1(O)CCCC1. The minimum absolute atomic E-state index is 0.218. The zero-order valence-electron chi connectivity index (χ0n) is 11.3. The second-order valence-electron chi connectivity index (χ2n) is 6.14. The highest BCUT2D eigenvalue weighted by Gasteiger charge is 2.30. The summed E-state index contributed by atoms with van der Waals surface area (Å²) in [7, 11) is 0. The van der Waals surface area contributed by atoms with E-state index in [1.54, 1.807) is 0 Å². The summed E-state index contributed by atoms with van der Waals surface area (Å²) in [6.45, 7) is 7.27. The van der Waals surface area contributed by atoms with Crippen LogP contribution in [0.1, 0.15) is 46.5 Å². The summed E-state index contributed by atoms with van der Waals surface area (Å²) < 4.78 is 5.49. The van der Waals surface area contributed by atoms with Gasteiger partial charge in [-0.1, -0.05) is 12.8 Å². The molecule has 0 spiro atoms. The van der Waals surface area contributed by atoms with E-state index in [0.29, 0.717) is 19.7 Å². The number of hydrogen-bond acceptors (Lipinski definition) is 4. The molecule has 102 valence electrons. The maximum absolute atomic E-state index is 10.1. The van der Waals surface area contributed by atoms with Gasteiger partial charge in [-0.25, -0.2) is 0 Å². The summed E-state index contributed by atoms with van der Waals surface area (Å²) in [5.74, 6) is 0. The van der Waals surface area contributed by atoms with Crippen LogP contribution in [0, 0.1) is 0 Å². The fourth-order valence-electron chi connectivity index (χ4n) is 2.09. The van der Waals surface area contributed by atoms with Crippen LogP contribution in [0.4, 0.5) is 0 Å². The molecule has 0 saturated heterocycles. The molecule has 17 heavy (non-hydrogen) atoms. The summed E-state index contributed by atoms with van der Waals surface area (Å²) in [5.41, 5.74) is -0.769. The van der Waals surface area contributed by atoms with Gasteiger partial charge in [-0.05, 0) is 33.6 Å². The molecule has 4 nitrogen and oxygen atoms in total. The van der Waals surface area contributed by atoms with E-state index in [4.69, 9.17) is 4.74 Å². The van der Waals surface area contributed by atoms with Gasteiger partial charge in [0.1, 0.15) is 0 Å². The minimum atomic E-state index is -0.551. The van der Waals surface area contributed by atoms with E-state index < -0.39 is 11.7 Å². The van der Waals surface area contributed by atoms with Crippen LogP contribution in [-0.4, -0.2) is 47.2 Å². The molecule has 0 amide bonds. The topological polar surface area (TPSA) is 61.7 Å². The van der Waals surface area contributed by atoms with Crippen molar-refractivity contribution < 1.29 is 14.9 Å². The van der Waals surface area contributed by atoms with Crippen molar-refractivity contribution >= 4 is 0 Å². The first-order valence-corrected chi connectivity index (χ1v) is 6.56. The Morgan fingerprint density at radius 2 is 1.88 bits per heavy atom. The average Bonchev–Trinajstić information content (AvgIpc) is 2.61. The molecule has 1 aliphatic rings. The number of hydrogen-bond donors (Lipinski definition) is 3. The molecule has 0 bridgehead atoms. The third-order valence-corrected chi connectivity index (χ3v) is 3.08. The standard InChI is InChI=1S/C13H27NO3/c1-12(2,3)17-9-11(15)8-14-10-13(16)6-4-5-7-13/h11,14-16H,4-10H2,1-3H3. The van der Waals surface area contributed by atoms with Crippen molar-refractivity contribution in [1.82, 2.24) is 5.32 Å². The van der Waals surface area contributed by atoms with Crippen molar-refractivity contribution in [1.29, 1.82) is 0 Å². The summed E-state index contributed by atoms with van der Waals surface area (Å²) in [6, 6.07) is 0. The molecule has 1 fully saturated rings.